The lowest BCUT2D eigenvalue weighted by molar-refractivity contribution is -0.141. The largest absolute Gasteiger partial charge is 0.433 e. The Labute approximate surface area is 128 Å². The number of hydrogen-bond acceptors (Lipinski definition) is 7. The number of hydrogen-bond donors (Lipinski definition) is 2. The van der Waals surface area contributed by atoms with Gasteiger partial charge in [-0.2, -0.15) is 13.2 Å². The number of halogens is 3. The van der Waals surface area contributed by atoms with Gasteiger partial charge in [0, 0.05) is 18.7 Å². The van der Waals surface area contributed by atoms with E-state index in [4.69, 9.17) is 5.73 Å². The van der Waals surface area contributed by atoms with Gasteiger partial charge in [-0.3, -0.25) is 4.79 Å². The molecular weight excluding hydrogens is 317 g/mol. The van der Waals surface area contributed by atoms with Crippen molar-refractivity contribution in [2.75, 3.05) is 12.3 Å². The summed E-state index contributed by atoms with van der Waals surface area (Å²) in [6.07, 6.45) is -4.48. The van der Waals surface area contributed by atoms with Gasteiger partial charge >= 0.3 is 6.18 Å². The van der Waals surface area contributed by atoms with E-state index in [2.05, 4.69) is 30.8 Å². The molecule has 2 aromatic heterocycles. The predicted octanol–water partition coefficient (Wildman–Crippen LogP) is -0.269. The second-order valence-electron chi connectivity index (χ2n) is 4.60. The maximum atomic E-state index is 12.7. The van der Waals surface area contributed by atoms with Crippen molar-refractivity contribution in [1.29, 1.82) is 0 Å². The molecule has 2 aromatic rings. The second-order valence-corrected chi connectivity index (χ2v) is 4.60. The van der Waals surface area contributed by atoms with E-state index in [1.807, 2.05) is 0 Å². The number of aryl methyl sites for hydroxylation is 1. The quantitative estimate of drug-likeness (QED) is 0.773. The number of nitrogens with zero attached hydrogens (tertiary/aromatic N) is 6. The first-order valence-electron chi connectivity index (χ1n) is 6.46. The van der Waals surface area contributed by atoms with Gasteiger partial charge in [0.15, 0.2) is 0 Å². The van der Waals surface area contributed by atoms with Crippen LogP contribution in [0.4, 0.5) is 19.1 Å². The maximum Gasteiger partial charge on any atom is 0.433 e. The van der Waals surface area contributed by atoms with E-state index in [0.29, 0.717) is 0 Å². The zero-order chi connectivity index (χ0) is 17.0. The average molecular weight is 330 g/mol. The van der Waals surface area contributed by atoms with Crippen LogP contribution in [-0.4, -0.2) is 42.6 Å². The highest BCUT2D eigenvalue weighted by Gasteiger charge is 2.33. The van der Waals surface area contributed by atoms with Crippen LogP contribution in [0.3, 0.4) is 0 Å². The van der Waals surface area contributed by atoms with Crippen molar-refractivity contribution in [3.63, 3.8) is 0 Å². The standard InChI is InChI=1S/C11H13F3N8O/c1-6-4-7(11(12,13)14)18-8(17-6)2-3-16-9(23)5-22-10(15)19-20-21-22/h4H,2-3,5H2,1H3,(H,16,23)(H2,15,19,21). The van der Waals surface area contributed by atoms with E-state index in [1.54, 1.807) is 0 Å². The van der Waals surface area contributed by atoms with Crippen molar-refractivity contribution >= 4 is 11.9 Å². The van der Waals surface area contributed by atoms with Gasteiger partial charge in [-0.1, -0.05) is 5.10 Å². The number of alkyl halides is 3. The highest BCUT2D eigenvalue weighted by atomic mass is 19.4. The Morgan fingerprint density at radius 2 is 2.13 bits per heavy atom. The lowest BCUT2D eigenvalue weighted by Gasteiger charge is -2.09. The molecule has 0 aromatic carbocycles. The van der Waals surface area contributed by atoms with Gasteiger partial charge in [-0.15, -0.1) is 0 Å². The number of amides is 1. The summed E-state index contributed by atoms with van der Waals surface area (Å²) in [7, 11) is 0. The van der Waals surface area contributed by atoms with Crippen molar-refractivity contribution in [1.82, 2.24) is 35.5 Å². The number of nitrogens with two attached hydrogens (primary N) is 1. The van der Waals surface area contributed by atoms with E-state index in [1.165, 1.54) is 6.92 Å². The number of nitrogens with one attached hydrogen (secondary N) is 1. The fourth-order valence-corrected chi connectivity index (χ4v) is 1.72. The molecule has 0 aliphatic rings. The van der Waals surface area contributed by atoms with Gasteiger partial charge in [-0.05, 0) is 23.4 Å². The molecule has 0 fully saturated rings. The van der Waals surface area contributed by atoms with Crippen LogP contribution in [0.2, 0.25) is 0 Å². The third-order valence-corrected chi connectivity index (χ3v) is 2.71. The van der Waals surface area contributed by atoms with Crippen molar-refractivity contribution < 1.29 is 18.0 Å². The van der Waals surface area contributed by atoms with Gasteiger partial charge in [0.2, 0.25) is 11.9 Å². The van der Waals surface area contributed by atoms with Crippen LogP contribution >= 0.6 is 0 Å². The molecule has 23 heavy (non-hydrogen) atoms. The highest BCUT2D eigenvalue weighted by Crippen LogP contribution is 2.27. The van der Waals surface area contributed by atoms with E-state index >= 15 is 0 Å². The number of carbonyl (C=O) groups is 1. The van der Waals surface area contributed by atoms with E-state index in [-0.39, 0.29) is 37.0 Å². The summed E-state index contributed by atoms with van der Waals surface area (Å²) in [5, 5.41) is 12.7. The molecule has 12 heteroatoms. The summed E-state index contributed by atoms with van der Waals surface area (Å²) in [5.41, 5.74) is 4.60. The molecule has 0 saturated heterocycles. The Morgan fingerprint density at radius 3 is 2.74 bits per heavy atom. The van der Waals surface area contributed by atoms with E-state index in [9.17, 15) is 18.0 Å². The van der Waals surface area contributed by atoms with Crippen molar-refractivity contribution in [2.45, 2.75) is 26.1 Å². The first-order chi connectivity index (χ1) is 10.8. The van der Waals surface area contributed by atoms with E-state index < -0.39 is 17.8 Å². The number of carbonyl (C=O) groups excluding carboxylic acids is 1. The lowest BCUT2D eigenvalue weighted by atomic mass is 10.3. The molecule has 0 spiro atoms. The Bertz CT molecular complexity index is 699. The zero-order valence-corrected chi connectivity index (χ0v) is 12.0. The monoisotopic (exact) mass is 330 g/mol. The van der Waals surface area contributed by atoms with Crippen molar-refractivity contribution in [3.8, 4) is 0 Å². The van der Waals surface area contributed by atoms with Crippen LogP contribution in [0.5, 0.6) is 0 Å². The molecule has 0 bridgehead atoms. The molecule has 0 radical (unpaired) electrons. The van der Waals surface area contributed by atoms with Gasteiger partial charge in [-0.25, -0.2) is 14.6 Å². The van der Waals surface area contributed by atoms with Crippen LogP contribution in [0.25, 0.3) is 0 Å². The molecule has 2 rings (SSSR count). The smallest absolute Gasteiger partial charge is 0.367 e. The van der Waals surface area contributed by atoms with Gasteiger partial charge in [0.25, 0.3) is 0 Å². The minimum absolute atomic E-state index is 0.000406. The molecule has 0 unspecified atom stereocenters. The van der Waals surface area contributed by atoms with Crippen LogP contribution in [0, 0.1) is 6.92 Å². The Balaban J connectivity index is 1.90. The van der Waals surface area contributed by atoms with Gasteiger partial charge in [0.1, 0.15) is 18.1 Å². The summed E-state index contributed by atoms with van der Waals surface area (Å²) >= 11 is 0. The topological polar surface area (TPSA) is 124 Å². The van der Waals surface area contributed by atoms with Crippen molar-refractivity contribution in [3.05, 3.63) is 23.3 Å². The number of rotatable bonds is 5. The van der Waals surface area contributed by atoms with Crippen LogP contribution < -0.4 is 11.1 Å². The molecule has 3 N–H and O–H groups in total. The predicted molar refractivity (Wildman–Crippen MR) is 70.7 cm³/mol. The molecule has 0 aliphatic heterocycles. The van der Waals surface area contributed by atoms with Crippen LogP contribution in [-0.2, 0) is 23.9 Å². The first-order valence-corrected chi connectivity index (χ1v) is 6.46. The minimum atomic E-state index is -4.54. The highest BCUT2D eigenvalue weighted by molar-refractivity contribution is 5.75. The number of anilines is 1. The molecule has 2 heterocycles. The molecular formula is C11H13F3N8O. The average Bonchev–Trinajstić information content (AvgIpc) is 2.82. The van der Waals surface area contributed by atoms with Crippen molar-refractivity contribution in [2.24, 2.45) is 0 Å². The number of aromatic nitrogens is 6. The van der Waals surface area contributed by atoms with Crippen LogP contribution in [0.1, 0.15) is 17.2 Å². The first kappa shape index (κ1) is 16.6. The third-order valence-electron chi connectivity index (χ3n) is 2.71. The molecule has 9 nitrogen and oxygen atoms in total. The van der Waals surface area contributed by atoms with Gasteiger partial charge < -0.3 is 11.1 Å². The molecule has 0 atom stereocenters. The Morgan fingerprint density at radius 1 is 1.39 bits per heavy atom. The maximum absolute atomic E-state index is 12.7. The second kappa shape index (κ2) is 6.54. The minimum Gasteiger partial charge on any atom is -0.367 e. The fraction of sp³-hybridized carbons (Fsp3) is 0.455. The fourth-order valence-electron chi connectivity index (χ4n) is 1.72. The van der Waals surface area contributed by atoms with Crippen LogP contribution in [0.15, 0.2) is 6.07 Å². The van der Waals surface area contributed by atoms with Gasteiger partial charge in [0.05, 0.1) is 0 Å². The Hall–Kier alpha value is -2.79. The zero-order valence-electron chi connectivity index (χ0n) is 12.0. The molecule has 1 amide bonds. The van der Waals surface area contributed by atoms with E-state index in [0.717, 1.165) is 10.7 Å². The summed E-state index contributed by atoms with van der Waals surface area (Å²) in [6.45, 7) is 1.32. The normalized spacial score (nSPS) is 11.5. The third kappa shape index (κ3) is 4.59. The summed E-state index contributed by atoms with van der Waals surface area (Å²) in [4.78, 5) is 19.0. The number of tetrazole rings is 1. The molecule has 124 valence electrons. The SMILES string of the molecule is Cc1cc(C(F)(F)F)nc(CCNC(=O)Cn2nnnc2N)n1. The summed E-state index contributed by atoms with van der Waals surface area (Å²) in [6, 6.07) is 0.864. The Kier molecular flexibility index (Phi) is 4.71. The summed E-state index contributed by atoms with van der Waals surface area (Å²) < 4.78 is 39.0. The lowest BCUT2D eigenvalue weighted by Crippen LogP contribution is -2.30. The summed E-state index contributed by atoms with van der Waals surface area (Å²) in [5.74, 6) is -0.454. The number of nitrogen functional groups attached to an aromatic ring is 1. The molecule has 0 aliphatic carbocycles. The molecule has 0 saturated carbocycles.